The lowest BCUT2D eigenvalue weighted by atomic mass is 9.92. The molecule has 1 spiro atoms. The Labute approximate surface area is 109 Å². The summed E-state index contributed by atoms with van der Waals surface area (Å²) < 4.78 is 5.41. The van der Waals surface area contributed by atoms with Crippen LogP contribution in [0.2, 0.25) is 5.02 Å². The number of anilines is 1. The minimum Gasteiger partial charge on any atom is -0.436 e. The Balaban J connectivity index is 0.00000108. The number of fused-ring (bicyclic) bond motifs is 2. The maximum atomic E-state index is 11.4. The number of ether oxygens (including phenoxy) is 1. The summed E-state index contributed by atoms with van der Waals surface area (Å²) >= 11 is 5.92. The molecule has 1 saturated heterocycles. The number of carbonyl (C=O) groups is 1. The van der Waals surface area contributed by atoms with E-state index in [0.717, 1.165) is 18.5 Å². The summed E-state index contributed by atoms with van der Waals surface area (Å²) in [5, 5.41) is 6.31. The van der Waals surface area contributed by atoms with Crippen LogP contribution in [0.15, 0.2) is 12.3 Å². The predicted octanol–water partition coefficient (Wildman–Crippen LogP) is 1.91. The van der Waals surface area contributed by atoms with Crippen molar-refractivity contribution in [2.45, 2.75) is 12.0 Å². The quantitative estimate of drug-likeness (QED) is 0.759. The third-order valence-corrected chi connectivity index (χ3v) is 3.18. The number of nitrogens with zero attached hydrogens (tertiary/aromatic N) is 1. The molecule has 1 aromatic rings. The van der Waals surface area contributed by atoms with Gasteiger partial charge in [0.1, 0.15) is 5.82 Å². The number of pyridine rings is 1. The van der Waals surface area contributed by atoms with Crippen molar-refractivity contribution in [3.8, 4) is 0 Å². The van der Waals surface area contributed by atoms with Crippen molar-refractivity contribution in [2.75, 3.05) is 18.4 Å². The van der Waals surface area contributed by atoms with Crippen molar-refractivity contribution in [3.05, 3.63) is 22.8 Å². The predicted molar refractivity (Wildman–Crippen MR) is 65.8 cm³/mol. The van der Waals surface area contributed by atoms with Crippen LogP contribution in [0.25, 0.3) is 0 Å². The van der Waals surface area contributed by atoms with E-state index in [1.807, 2.05) is 0 Å². The highest BCUT2D eigenvalue weighted by Gasteiger charge is 2.45. The first kappa shape index (κ1) is 12.4. The van der Waals surface area contributed by atoms with Gasteiger partial charge in [-0.05, 0) is 12.6 Å². The van der Waals surface area contributed by atoms with E-state index in [2.05, 4.69) is 15.6 Å². The van der Waals surface area contributed by atoms with E-state index in [-0.39, 0.29) is 12.4 Å². The second kappa shape index (κ2) is 4.33. The molecule has 0 bridgehead atoms. The van der Waals surface area contributed by atoms with Crippen molar-refractivity contribution in [1.82, 2.24) is 10.3 Å². The first-order valence-corrected chi connectivity index (χ1v) is 5.44. The molecule has 1 unspecified atom stereocenters. The number of aromatic nitrogens is 1. The Hall–Kier alpha value is -1.04. The number of carbonyl (C=O) groups excluding carboxylic acids is 1. The molecule has 7 heteroatoms. The highest BCUT2D eigenvalue weighted by molar-refractivity contribution is 6.30. The van der Waals surface area contributed by atoms with Gasteiger partial charge in [-0.15, -0.1) is 12.4 Å². The Morgan fingerprint density at radius 3 is 3.06 bits per heavy atom. The number of amides is 1. The maximum absolute atomic E-state index is 11.4. The second-order valence-corrected chi connectivity index (χ2v) is 4.42. The maximum Gasteiger partial charge on any atom is 0.413 e. The molecule has 0 saturated carbocycles. The summed E-state index contributed by atoms with van der Waals surface area (Å²) in [6, 6.07) is 1.80. The van der Waals surface area contributed by atoms with Crippen LogP contribution in [0.4, 0.5) is 10.6 Å². The van der Waals surface area contributed by atoms with Crippen molar-refractivity contribution in [1.29, 1.82) is 0 Å². The molecule has 0 radical (unpaired) electrons. The van der Waals surface area contributed by atoms with Crippen LogP contribution in [0.1, 0.15) is 12.0 Å². The highest BCUT2D eigenvalue weighted by Crippen LogP contribution is 2.40. The van der Waals surface area contributed by atoms with Gasteiger partial charge in [-0.1, -0.05) is 11.6 Å². The van der Waals surface area contributed by atoms with Crippen molar-refractivity contribution in [3.63, 3.8) is 0 Å². The summed E-state index contributed by atoms with van der Waals surface area (Å²) in [5.41, 5.74) is 0.250. The van der Waals surface area contributed by atoms with Gasteiger partial charge < -0.3 is 10.1 Å². The molecule has 3 rings (SSSR count). The molecule has 0 aliphatic carbocycles. The summed E-state index contributed by atoms with van der Waals surface area (Å²) in [5.74, 6) is 0.546. The smallest absolute Gasteiger partial charge is 0.413 e. The van der Waals surface area contributed by atoms with Crippen LogP contribution >= 0.6 is 24.0 Å². The molecule has 1 aromatic heterocycles. The first-order valence-electron chi connectivity index (χ1n) is 5.06. The third kappa shape index (κ3) is 1.94. The number of halogens is 2. The molecule has 1 atom stereocenters. The fraction of sp³-hybridized carbons (Fsp3) is 0.400. The van der Waals surface area contributed by atoms with Crippen LogP contribution in [-0.2, 0) is 10.3 Å². The van der Waals surface area contributed by atoms with Crippen molar-refractivity contribution >= 4 is 35.9 Å². The molecule has 1 fully saturated rings. The van der Waals surface area contributed by atoms with Gasteiger partial charge in [0, 0.05) is 24.7 Å². The normalized spacial score (nSPS) is 25.8. The highest BCUT2D eigenvalue weighted by atomic mass is 35.5. The molecule has 17 heavy (non-hydrogen) atoms. The van der Waals surface area contributed by atoms with Crippen LogP contribution in [0.3, 0.4) is 0 Å². The Morgan fingerprint density at radius 2 is 2.35 bits per heavy atom. The number of rotatable bonds is 0. The van der Waals surface area contributed by atoms with E-state index < -0.39 is 11.7 Å². The van der Waals surface area contributed by atoms with Crippen molar-refractivity contribution in [2.24, 2.45) is 0 Å². The summed E-state index contributed by atoms with van der Waals surface area (Å²) in [7, 11) is 0. The van der Waals surface area contributed by atoms with E-state index in [9.17, 15) is 4.79 Å². The zero-order valence-electron chi connectivity index (χ0n) is 8.83. The molecule has 5 nitrogen and oxygen atoms in total. The third-order valence-electron chi connectivity index (χ3n) is 2.97. The largest absolute Gasteiger partial charge is 0.436 e. The molecule has 92 valence electrons. The van der Waals surface area contributed by atoms with Gasteiger partial charge in [-0.3, -0.25) is 5.32 Å². The Kier molecular flexibility index (Phi) is 3.16. The molecular formula is C10H11Cl2N3O2. The molecule has 0 aromatic carbocycles. The monoisotopic (exact) mass is 275 g/mol. The van der Waals surface area contributed by atoms with E-state index in [0.29, 0.717) is 17.4 Å². The summed E-state index contributed by atoms with van der Waals surface area (Å²) in [6.45, 7) is 1.43. The lowest BCUT2D eigenvalue weighted by molar-refractivity contribution is 0.0273. The summed E-state index contributed by atoms with van der Waals surface area (Å²) in [6.07, 6.45) is 1.81. The summed E-state index contributed by atoms with van der Waals surface area (Å²) in [4.78, 5) is 15.6. The average molecular weight is 276 g/mol. The van der Waals surface area contributed by atoms with Gasteiger partial charge in [0.2, 0.25) is 0 Å². The van der Waals surface area contributed by atoms with Gasteiger partial charge in [0.05, 0.1) is 5.02 Å². The molecule has 3 heterocycles. The second-order valence-electron chi connectivity index (χ2n) is 3.99. The van der Waals surface area contributed by atoms with Crippen LogP contribution in [0.5, 0.6) is 0 Å². The lowest BCUT2D eigenvalue weighted by Gasteiger charge is -2.34. The van der Waals surface area contributed by atoms with E-state index in [1.54, 1.807) is 6.07 Å². The standard InChI is InChI=1S/C10H10ClN3O2.ClH/c11-6-3-7-8(13-4-6)14-9(15)16-10(7)1-2-12-5-10;/h3-4,12H,1-2,5H2,(H,13,14,15);1H. The molecular weight excluding hydrogens is 265 g/mol. The minimum atomic E-state index is -0.602. The average Bonchev–Trinajstić information content (AvgIpc) is 2.69. The fourth-order valence-electron chi connectivity index (χ4n) is 2.23. The van der Waals surface area contributed by atoms with Crippen LogP contribution in [0, 0.1) is 0 Å². The molecule has 2 aliphatic heterocycles. The van der Waals surface area contributed by atoms with Gasteiger partial charge in [0.15, 0.2) is 5.60 Å². The van der Waals surface area contributed by atoms with E-state index in [1.165, 1.54) is 6.20 Å². The van der Waals surface area contributed by atoms with Crippen molar-refractivity contribution < 1.29 is 9.53 Å². The fourth-order valence-corrected chi connectivity index (χ4v) is 2.38. The minimum absolute atomic E-state index is 0. The Bertz CT molecular complexity index is 461. The van der Waals surface area contributed by atoms with Gasteiger partial charge in [0.25, 0.3) is 0 Å². The van der Waals surface area contributed by atoms with Crippen LogP contribution < -0.4 is 10.6 Å². The zero-order chi connectivity index (χ0) is 11.2. The zero-order valence-corrected chi connectivity index (χ0v) is 10.4. The molecule has 2 aliphatic rings. The number of hydrogen-bond donors (Lipinski definition) is 2. The first-order chi connectivity index (χ1) is 7.70. The molecule has 1 amide bonds. The topological polar surface area (TPSA) is 63.2 Å². The SMILES string of the molecule is Cl.O=C1Nc2ncc(Cl)cc2C2(CCNC2)O1. The van der Waals surface area contributed by atoms with Gasteiger partial charge >= 0.3 is 6.09 Å². The molecule has 2 N–H and O–H groups in total. The van der Waals surface area contributed by atoms with E-state index >= 15 is 0 Å². The number of nitrogens with one attached hydrogen (secondary N) is 2. The van der Waals surface area contributed by atoms with E-state index in [4.69, 9.17) is 16.3 Å². The van der Waals surface area contributed by atoms with Gasteiger partial charge in [-0.2, -0.15) is 0 Å². The Morgan fingerprint density at radius 1 is 1.53 bits per heavy atom. The lowest BCUT2D eigenvalue weighted by Crippen LogP contribution is -2.41. The number of hydrogen-bond acceptors (Lipinski definition) is 4. The van der Waals surface area contributed by atoms with Crippen LogP contribution in [-0.4, -0.2) is 24.2 Å². The van der Waals surface area contributed by atoms with Gasteiger partial charge in [-0.25, -0.2) is 9.78 Å².